The van der Waals surface area contributed by atoms with Crippen molar-refractivity contribution in [2.45, 2.75) is 6.54 Å². The lowest BCUT2D eigenvalue weighted by atomic mass is 10.1. The second kappa shape index (κ2) is 5.55. The van der Waals surface area contributed by atoms with Gasteiger partial charge in [-0.15, -0.1) is 0 Å². The highest BCUT2D eigenvalue weighted by atomic mass is 35.5. The van der Waals surface area contributed by atoms with Crippen molar-refractivity contribution in [2.75, 3.05) is 13.6 Å². The number of carbonyl (C=O) groups excluding carboxylic acids is 1. The molecule has 2 aromatic carbocycles. The molecular formula is C16H12ClNO5. The van der Waals surface area contributed by atoms with E-state index in [-0.39, 0.29) is 19.5 Å². The Bertz CT molecular complexity index is 792. The molecule has 0 bridgehead atoms. The van der Waals surface area contributed by atoms with Gasteiger partial charge in [-0.1, -0.05) is 17.7 Å². The average Bonchev–Trinajstić information content (AvgIpc) is 3.20. The molecule has 2 aliphatic rings. The van der Waals surface area contributed by atoms with Crippen LogP contribution in [0.15, 0.2) is 30.3 Å². The second-order valence-corrected chi connectivity index (χ2v) is 5.47. The highest BCUT2D eigenvalue weighted by molar-refractivity contribution is 6.32. The molecule has 2 aromatic rings. The van der Waals surface area contributed by atoms with E-state index in [1.54, 1.807) is 12.1 Å². The third-order valence-corrected chi connectivity index (χ3v) is 3.86. The Kier molecular flexibility index (Phi) is 3.38. The molecule has 0 aromatic heterocycles. The lowest BCUT2D eigenvalue weighted by Gasteiger charge is -2.08. The number of halogens is 1. The van der Waals surface area contributed by atoms with E-state index < -0.39 is 0 Å². The van der Waals surface area contributed by atoms with Crippen LogP contribution in [0.2, 0.25) is 5.02 Å². The summed E-state index contributed by atoms with van der Waals surface area (Å²) in [4.78, 5) is 12.3. The van der Waals surface area contributed by atoms with Crippen molar-refractivity contribution in [3.05, 3.63) is 46.5 Å². The van der Waals surface area contributed by atoms with Gasteiger partial charge < -0.3 is 24.3 Å². The van der Waals surface area contributed by atoms with Gasteiger partial charge in [0.2, 0.25) is 13.6 Å². The summed E-state index contributed by atoms with van der Waals surface area (Å²) in [6.45, 7) is 0.694. The molecule has 23 heavy (non-hydrogen) atoms. The van der Waals surface area contributed by atoms with E-state index in [9.17, 15) is 4.79 Å². The zero-order valence-corrected chi connectivity index (χ0v) is 12.7. The number of nitrogens with one attached hydrogen (secondary N) is 1. The van der Waals surface area contributed by atoms with Crippen LogP contribution in [0.4, 0.5) is 0 Å². The fraction of sp³-hybridized carbons (Fsp3) is 0.188. The summed E-state index contributed by atoms with van der Waals surface area (Å²) < 4.78 is 21.1. The molecule has 2 aliphatic heterocycles. The standard InChI is InChI=1S/C16H12ClNO5/c17-11-4-10(5-14-15(11)23-8-22-14)16(19)18-6-9-1-2-12-13(3-9)21-7-20-12/h1-5H,6-8H2,(H,18,19). The van der Waals surface area contributed by atoms with Gasteiger partial charge in [0.1, 0.15) is 0 Å². The van der Waals surface area contributed by atoms with Gasteiger partial charge in [-0.3, -0.25) is 4.79 Å². The molecule has 0 saturated heterocycles. The highest BCUT2D eigenvalue weighted by Crippen LogP contribution is 2.39. The monoisotopic (exact) mass is 333 g/mol. The van der Waals surface area contributed by atoms with Crippen molar-refractivity contribution >= 4 is 17.5 Å². The molecule has 7 heteroatoms. The van der Waals surface area contributed by atoms with Gasteiger partial charge in [0.15, 0.2) is 23.0 Å². The summed E-state index contributed by atoms with van der Waals surface area (Å²) in [6, 6.07) is 8.71. The highest BCUT2D eigenvalue weighted by Gasteiger charge is 2.20. The largest absolute Gasteiger partial charge is 0.454 e. The molecule has 0 fully saturated rings. The third kappa shape index (κ3) is 2.61. The molecule has 0 aliphatic carbocycles. The SMILES string of the molecule is O=C(NCc1ccc2c(c1)OCO2)c1cc(Cl)c2c(c1)OCO2. The van der Waals surface area contributed by atoms with E-state index in [4.69, 9.17) is 30.5 Å². The Morgan fingerprint density at radius 2 is 1.78 bits per heavy atom. The number of fused-ring (bicyclic) bond motifs is 2. The third-order valence-electron chi connectivity index (χ3n) is 3.58. The van der Waals surface area contributed by atoms with Crippen LogP contribution in [-0.2, 0) is 6.54 Å². The van der Waals surface area contributed by atoms with Crippen molar-refractivity contribution < 1.29 is 23.7 Å². The first-order valence-electron chi connectivity index (χ1n) is 6.96. The van der Waals surface area contributed by atoms with Crippen molar-refractivity contribution in [2.24, 2.45) is 0 Å². The second-order valence-electron chi connectivity index (χ2n) is 5.06. The van der Waals surface area contributed by atoms with E-state index >= 15 is 0 Å². The van der Waals surface area contributed by atoms with E-state index in [1.165, 1.54) is 0 Å². The van der Waals surface area contributed by atoms with Crippen molar-refractivity contribution in [3.63, 3.8) is 0 Å². The normalized spacial score (nSPS) is 14.0. The Morgan fingerprint density at radius 1 is 1.00 bits per heavy atom. The first kappa shape index (κ1) is 14.0. The fourth-order valence-electron chi connectivity index (χ4n) is 2.43. The summed E-state index contributed by atoms with van der Waals surface area (Å²) >= 11 is 6.08. The lowest BCUT2D eigenvalue weighted by molar-refractivity contribution is 0.0950. The first-order chi connectivity index (χ1) is 11.2. The molecule has 1 amide bonds. The van der Waals surface area contributed by atoms with Crippen molar-refractivity contribution in [3.8, 4) is 23.0 Å². The molecule has 2 heterocycles. The summed E-state index contributed by atoms with van der Waals surface area (Å²) in [5, 5.41) is 3.19. The van der Waals surface area contributed by atoms with E-state index in [0.717, 1.165) is 5.56 Å². The van der Waals surface area contributed by atoms with Gasteiger partial charge in [-0.25, -0.2) is 0 Å². The number of amides is 1. The first-order valence-corrected chi connectivity index (χ1v) is 7.34. The van der Waals surface area contributed by atoms with Gasteiger partial charge in [0, 0.05) is 12.1 Å². The Morgan fingerprint density at radius 3 is 2.70 bits per heavy atom. The number of benzene rings is 2. The molecule has 0 unspecified atom stereocenters. The molecule has 1 N–H and O–H groups in total. The van der Waals surface area contributed by atoms with Crippen LogP contribution in [0.5, 0.6) is 23.0 Å². The summed E-state index contributed by atoms with van der Waals surface area (Å²) in [5.41, 5.74) is 1.33. The Balaban J connectivity index is 1.47. The predicted octanol–water partition coefficient (Wildman–Crippen LogP) is 2.73. The van der Waals surface area contributed by atoms with Crippen LogP contribution in [0, 0.1) is 0 Å². The number of hydrogen-bond donors (Lipinski definition) is 1. The number of ether oxygens (including phenoxy) is 4. The number of rotatable bonds is 3. The van der Waals surface area contributed by atoms with E-state index in [1.807, 2.05) is 18.2 Å². The maximum Gasteiger partial charge on any atom is 0.251 e. The number of carbonyl (C=O) groups is 1. The molecule has 0 atom stereocenters. The van der Waals surface area contributed by atoms with Crippen LogP contribution in [0.3, 0.4) is 0 Å². The number of hydrogen-bond acceptors (Lipinski definition) is 5. The smallest absolute Gasteiger partial charge is 0.251 e. The fourth-order valence-corrected chi connectivity index (χ4v) is 2.70. The van der Waals surface area contributed by atoms with Gasteiger partial charge >= 0.3 is 0 Å². The molecule has 0 saturated carbocycles. The molecule has 118 valence electrons. The maximum atomic E-state index is 12.3. The van der Waals surface area contributed by atoms with E-state index in [2.05, 4.69) is 5.32 Å². The zero-order chi connectivity index (χ0) is 15.8. The van der Waals surface area contributed by atoms with Crippen LogP contribution in [0.25, 0.3) is 0 Å². The molecule has 0 spiro atoms. The van der Waals surface area contributed by atoms with Gasteiger partial charge in [0.25, 0.3) is 5.91 Å². The van der Waals surface area contributed by atoms with Gasteiger partial charge in [-0.2, -0.15) is 0 Å². The Hall–Kier alpha value is -2.60. The minimum atomic E-state index is -0.247. The predicted molar refractivity (Wildman–Crippen MR) is 81.3 cm³/mol. The summed E-state index contributed by atoms with van der Waals surface area (Å²) in [7, 11) is 0. The van der Waals surface area contributed by atoms with Crippen LogP contribution in [0.1, 0.15) is 15.9 Å². The minimum absolute atomic E-state index is 0.108. The molecule has 6 nitrogen and oxygen atoms in total. The van der Waals surface area contributed by atoms with Crippen molar-refractivity contribution in [1.82, 2.24) is 5.32 Å². The maximum absolute atomic E-state index is 12.3. The zero-order valence-electron chi connectivity index (χ0n) is 11.9. The lowest BCUT2D eigenvalue weighted by Crippen LogP contribution is -2.22. The average molecular weight is 334 g/mol. The summed E-state index contributed by atoms with van der Waals surface area (Å²) in [5.74, 6) is 2.10. The van der Waals surface area contributed by atoms with E-state index in [0.29, 0.717) is 40.1 Å². The molecular weight excluding hydrogens is 322 g/mol. The molecule has 4 rings (SSSR count). The van der Waals surface area contributed by atoms with Crippen LogP contribution in [-0.4, -0.2) is 19.5 Å². The van der Waals surface area contributed by atoms with Crippen molar-refractivity contribution in [1.29, 1.82) is 0 Å². The topological polar surface area (TPSA) is 66.0 Å². The van der Waals surface area contributed by atoms with Gasteiger partial charge in [-0.05, 0) is 29.8 Å². The van der Waals surface area contributed by atoms with Gasteiger partial charge in [0.05, 0.1) is 5.02 Å². The molecule has 0 radical (unpaired) electrons. The van der Waals surface area contributed by atoms with Crippen LogP contribution >= 0.6 is 11.6 Å². The Labute approximate surface area is 136 Å². The summed E-state index contributed by atoms with van der Waals surface area (Å²) in [6.07, 6.45) is 0. The van der Waals surface area contributed by atoms with Crippen LogP contribution < -0.4 is 24.3 Å². The quantitative estimate of drug-likeness (QED) is 0.935. The minimum Gasteiger partial charge on any atom is -0.454 e.